The van der Waals surface area contributed by atoms with Gasteiger partial charge in [0.05, 0.1) is 37.5 Å². The Kier molecular flexibility index (Phi) is 5.60. The summed E-state index contributed by atoms with van der Waals surface area (Å²) in [6.45, 7) is 3.82. The van der Waals surface area contributed by atoms with E-state index in [-0.39, 0.29) is 31.2 Å². The maximum Gasteiger partial charge on any atom is 0.269 e. The van der Waals surface area contributed by atoms with Gasteiger partial charge in [0.25, 0.3) is 11.8 Å². The van der Waals surface area contributed by atoms with Crippen LogP contribution in [0.1, 0.15) is 45.6 Å². The van der Waals surface area contributed by atoms with Gasteiger partial charge in [-0.2, -0.15) is 5.10 Å². The highest BCUT2D eigenvalue weighted by Crippen LogP contribution is 2.33. The fourth-order valence-electron chi connectivity index (χ4n) is 4.46. The van der Waals surface area contributed by atoms with Crippen LogP contribution < -0.4 is 5.32 Å². The smallest absolute Gasteiger partial charge is 0.269 e. The van der Waals surface area contributed by atoms with Crippen molar-refractivity contribution >= 4 is 11.8 Å². The summed E-state index contributed by atoms with van der Waals surface area (Å²) in [7, 11) is 0. The molecule has 2 amide bonds. The zero-order valence-electron chi connectivity index (χ0n) is 18.5. The third-order valence-electron chi connectivity index (χ3n) is 6.30. The van der Waals surface area contributed by atoms with Crippen molar-refractivity contribution in [3.8, 4) is 0 Å². The molecule has 34 heavy (non-hydrogen) atoms. The number of nitrogens with one attached hydrogen (secondary N) is 1. The summed E-state index contributed by atoms with van der Waals surface area (Å²) >= 11 is 0. The highest BCUT2D eigenvalue weighted by molar-refractivity contribution is 5.94. The fourth-order valence-corrected chi connectivity index (χ4v) is 4.46. The molecule has 10 nitrogen and oxygen atoms in total. The molecule has 1 N–H and O–H groups in total. The molecular formula is C22H23F2N7O3. The first-order valence-electron chi connectivity index (χ1n) is 11.0. The van der Waals surface area contributed by atoms with E-state index in [0.29, 0.717) is 37.4 Å². The number of fused-ring (bicyclic) bond motifs is 1. The lowest BCUT2D eigenvalue weighted by Gasteiger charge is -2.34. The quantitative estimate of drug-likeness (QED) is 0.605. The minimum atomic E-state index is -0.760. The minimum Gasteiger partial charge on any atom is -0.365 e. The van der Waals surface area contributed by atoms with Crippen molar-refractivity contribution in [1.29, 1.82) is 0 Å². The first-order valence-corrected chi connectivity index (χ1v) is 11.0. The van der Waals surface area contributed by atoms with Crippen molar-refractivity contribution in [3.63, 3.8) is 0 Å². The molecule has 0 radical (unpaired) electrons. The Morgan fingerprint density at radius 3 is 2.91 bits per heavy atom. The monoisotopic (exact) mass is 471 g/mol. The van der Waals surface area contributed by atoms with Crippen molar-refractivity contribution in [1.82, 2.24) is 35.0 Å². The van der Waals surface area contributed by atoms with Gasteiger partial charge in [-0.25, -0.2) is 13.5 Å². The molecule has 1 spiro atoms. The van der Waals surface area contributed by atoms with Gasteiger partial charge in [-0.1, -0.05) is 5.21 Å². The molecular weight excluding hydrogens is 448 g/mol. The maximum absolute atomic E-state index is 14.1. The van der Waals surface area contributed by atoms with Gasteiger partial charge in [0.15, 0.2) is 0 Å². The van der Waals surface area contributed by atoms with Crippen LogP contribution in [0.3, 0.4) is 0 Å². The van der Waals surface area contributed by atoms with Gasteiger partial charge in [-0.05, 0) is 37.6 Å². The number of likely N-dealkylation sites (tertiary alicyclic amines) is 1. The summed E-state index contributed by atoms with van der Waals surface area (Å²) in [6.07, 6.45) is 2.10. The Labute approximate surface area is 193 Å². The van der Waals surface area contributed by atoms with Crippen molar-refractivity contribution in [2.75, 3.05) is 13.1 Å². The first kappa shape index (κ1) is 22.1. The zero-order valence-corrected chi connectivity index (χ0v) is 18.5. The molecule has 0 aliphatic carbocycles. The third kappa shape index (κ3) is 3.94. The lowest BCUT2D eigenvalue weighted by Crippen LogP contribution is -2.45. The lowest BCUT2D eigenvalue weighted by molar-refractivity contribution is -0.0828. The number of aryl methyl sites for hydroxylation is 1. The molecule has 5 rings (SSSR count). The zero-order chi connectivity index (χ0) is 23.9. The topological polar surface area (TPSA) is 107 Å². The van der Waals surface area contributed by atoms with E-state index in [0.717, 1.165) is 23.9 Å². The van der Waals surface area contributed by atoms with Crippen LogP contribution in [0.4, 0.5) is 8.78 Å². The van der Waals surface area contributed by atoms with E-state index in [9.17, 15) is 18.4 Å². The van der Waals surface area contributed by atoms with E-state index in [4.69, 9.17) is 4.74 Å². The second kappa shape index (κ2) is 8.60. The highest BCUT2D eigenvalue weighted by atomic mass is 19.1. The molecule has 3 aromatic rings. The normalized spacial score (nSPS) is 19.4. The molecule has 1 atom stereocenters. The number of hydrogen-bond donors (Lipinski definition) is 1. The molecule has 2 aliphatic heterocycles. The molecule has 0 saturated carbocycles. The Morgan fingerprint density at radius 2 is 2.09 bits per heavy atom. The summed E-state index contributed by atoms with van der Waals surface area (Å²) in [4.78, 5) is 26.7. The molecule has 1 saturated heterocycles. The number of carbonyl (C=O) groups is 2. The first-order chi connectivity index (χ1) is 16.4. The van der Waals surface area contributed by atoms with Gasteiger partial charge in [-0.15, -0.1) is 5.10 Å². The molecule has 1 unspecified atom stereocenters. The number of hydrogen-bond acceptors (Lipinski definition) is 6. The fraction of sp³-hybridized carbons (Fsp3) is 0.409. The largest absolute Gasteiger partial charge is 0.365 e. The number of benzene rings is 1. The number of halogens is 2. The second-order valence-corrected chi connectivity index (χ2v) is 8.43. The Hall–Kier alpha value is -3.67. The standard InChI is InChI=1S/C22H23F2N7O3/c1-2-30-18(5-7-26-30)20(32)25-10-17-19-11-34-22(13-31(19)28-27-17)6-8-29(12-22)21(33)15-9-14(23)3-4-16(15)24/h3-5,7,9H,2,6,8,10-13H2,1H3,(H,25,32). The van der Waals surface area contributed by atoms with Crippen LogP contribution in [0.15, 0.2) is 30.5 Å². The van der Waals surface area contributed by atoms with Gasteiger partial charge in [0, 0.05) is 19.3 Å². The summed E-state index contributed by atoms with van der Waals surface area (Å²) in [5, 5.41) is 15.3. The van der Waals surface area contributed by atoms with Crippen LogP contribution in [-0.4, -0.2) is 60.2 Å². The van der Waals surface area contributed by atoms with Gasteiger partial charge < -0.3 is 15.0 Å². The molecule has 0 bridgehead atoms. The SMILES string of the molecule is CCn1nccc1C(=O)NCc1nnn2c1COC1(CCN(C(=O)c3cc(F)ccc3F)C1)C2. The average molecular weight is 471 g/mol. The van der Waals surface area contributed by atoms with Crippen LogP contribution in [-0.2, 0) is 31.0 Å². The van der Waals surface area contributed by atoms with E-state index in [1.807, 2.05) is 6.92 Å². The predicted molar refractivity (Wildman–Crippen MR) is 113 cm³/mol. The summed E-state index contributed by atoms with van der Waals surface area (Å²) in [5.74, 6) is -2.26. The molecule has 1 fully saturated rings. The number of rotatable bonds is 5. The van der Waals surface area contributed by atoms with E-state index in [1.54, 1.807) is 21.6 Å². The van der Waals surface area contributed by atoms with Crippen LogP contribution in [0.25, 0.3) is 0 Å². The molecule has 1 aromatic carbocycles. The molecule has 12 heteroatoms. The van der Waals surface area contributed by atoms with Gasteiger partial charge in [-0.3, -0.25) is 14.3 Å². The number of amides is 2. The number of carbonyl (C=O) groups excluding carboxylic acids is 2. The van der Waals surface area contributed by atoms with Crippen LogP contribution in [0, 0.1) is 11.6 Å². The van der Waals surface area contributed by atoms with E-state index < -0.39 is 23.1 Å². The van der Waals surface area contributed by atoms with Gasteiger partial charge in [0.2, 0.25) is 0 Å². The average Bonchev–Trinajstić information content (AvgIpc) is 3.57. The number of nitrogens with zero attached hydrogens (tertiary/aromatic N) is 6. The van der Waals surface area contributed by atoms with Gasteiger partial charge >= 0.3 is 0 Å². The van der Waals surface area contributed by atoms with Crippen LogP contribution >= 0.6 is 0 Å². The molecule has 4 heterocycles. The minimum absolute atomic E-state index is 0.183. The van der Waals surface area contributed by atoms with Crippen molar-refractivity contribution < 1.29 is 23.1 Å². The van der Waals surface area contributed by atoms with Crippen molar-refractivity contribution in [2.24, 2.45) is 0 Å². The Balaban J connectivity index is 1.24. The van der Waals surface area contributed by atoms with Crippen molar-refractivity contribution in [3.05, 3.63) is 64.7 Å². The van der Waals surface area contributed by atoms with Crippen molar-refractivity contribution in [2.45, 2.75) is 45.2 Å². The molecule has 2 aromatic heterocycles. The third-order valence-corrected chi connectivity index (χ3v) is 6.30. The summed E-state index contributed by atoms with van der Waals surface area (Å²) in [6, 6.07) is 4.49. The molecule has 178 valence electrons. The van der Waals surface area contributed by atoms with E-state index in [2.05, 4.69) is 20.7 Å². The maximum atomic E-state index is 14.1. The number of ether oxygens (including phenoxy) is 1. The second-order valence-electron chi connectivity index (χ2n) is 8.43. The summed E-state index contributed by atoms with van der Waals surface area (Å²) < 4.78 is 37.1. The van der Waals surface area contributed by atoms with E-state index in [1.165, 1.54) is 4.90 Å². The van der Waals surface area contributed by atoms with E-state index >= 15 is 0 Å². The van der Waals surface area contributed by atoms with Crippen LogP contribution in [0.5, 0.6) is 0 Å². The predicted octanol–water partition coefficient (Wildman–Crippen LogP) is 1.52. The van der Waals surface area contributed by atoms with Crippen LogP contribution in [0.2, 0.25) is 0 Å². The highest BCUT2D eigenvalue weighted by Gasteiger charge is 2.45. The lowest BCUT2D eigenvalue weighted by atomic mass is 10.0. The molecule has 2 aliphatic rings. The number of aromatic nitrogens is 5. The Morgan fingerprint density at radius 1 is 1.24 bits per heavy atom. The Bertz CT molecular complexity index is 1260. The summed E-state index contributed by atoms with van der Waals surface area (Å²) in [5.41, 5.74) is 0.823. The van der Waals surface area contributed by atoms with Gasteiger partial charge in [0.1, 0.15) is 28.6 Å².